The summed E-state index contributed by atoms with van der Waals surface area (Å²) in [5.74, 6) is 0.533. The zero-order valence-electron chi connectivity index (χ0n) is 10.2. The van der Waals surface area contributed by atoms with E-state index in [1.165, 1.54) is 0 Å². The highest BCUT2D eigenvalue weighted by atomic mass is 35.5. The molecule has 1 aliphatic rings. The van der Waals surface area contributed by atoms with Gasteiger partial charge in [0.05, 0.1) is 17.6 Å². The van der Waals surface area contributed by atoms with E-state index in [9.17, 15) is 4.79 Å². The third-order valence-corrected chi connectivity index (χ3v) is 3.31. The van der Waals surface area contributed by atoms with Crippen LogP contribution in [0, 0.1) is 6.92 Å². The smallest absolute Gasteiger partial charge is 0.265 e. The lowest BCUT2D eigenvalue weighted by atomic mass is 10.1. The summed E-state index contributed by atoms with van der Waals surface area (Å²) in [5.41, 5.74) is 2.44. The normalized spacial score (nSPS) is 16.8. The first-order valence-corrected chi connectivity index (χ1v) is 6.27. The van der Waals surface area contributed by atoms with Crippen LogP contribution < -0.4 is 10.1 Å². The summed E-state index contributed by atoms with van der Waals surface area (Å²) in [4.78, 5) is 12.1. The SMILES string of the molecule is Cc1[nH]ncc1NC(=O)C1Cc2cc(Cl)ccc2O1. The number of ether oxygens (including phenoxy) is 1. The number of benzene rings is 1. The highest BCUT2D eigenvalue weighted by Crippen LogP contribution is 2.31. The average molecular weight is 278 g/mol. The molecule has 19 heavy (non-hydrogen) atoms. The number of carbonyl (C=O) groups excluding carboxylic acids is 1. The number of halogens is 1. The maximum Gasteiger partial charge on any atom is 0.265 e. The van der Waals surface area contributed by atoms with Gasteiger partial charge in [-0.05, 0) is 30.7 Å². The first kappa shape index (κ1) is 12.0. The molecule has 1 unspecified atom stereocenters. The number of aromatic amines is 1. The van der Waals surface area contributed by atoms with Crippen molar-refractivity contribution in [2.45, 2.75) is 19.4 Å². The molecule has 0 aliphatic carbocycles. The van der Waals surface area contributed by atoms with E-state index in [0.717, 1.165) is 11.3 Å². The molecule has 0 radical (unpaired) electrons. The lowest BCUT2D eigenvalue weighted by molar-refractivity contribution is -0.122. The number of rotatable bonds is 2. The number of nitrogens with zero attached hydrogens (tertiary/aromatic N) is 1. The molecule has 6 heteroatoms. The van der Waals surface area contributed by atoms with Crippen molar-refractivity contribution in [1.29, 1.82) is 0 Å². The number of nitrogens with one attached hydrogen (secondary N) is 2. The monoisotopic (exact) mass is 277 g/mol. The molecule has 5 nitrogen and oxygen atoms in total. The van der Waals surface area contributed by atoms with Crippen molar-refractivity contribution in [1.82, 2.24) is 10.2 Å². The van der Waals surface area contributed by atoms with Crippen LogP contribution in [0.3, 0.4) is 0 Å². The minimum Gasteiger partial charge on any atom is -0.480 e. The van der Waals surface area contributed by atoms with Crippen molar-refractivity contribution in [3.8, 4) is 5.75 Å². The summed E-state index contributed by atoms with van der Waals surface area (Å²) in [5, 5.41) is 10.1. The number of hydrogen-bond acceptors (Lipinski definition) is 3. The Morgan fingerprint density at radius 3 is 3.16 bits per heavy atom. The Labute approximate surface area is 114 Å². The van der Waals surface area contributed by atoms with Crippen molar-refractivity contribution < 1.29 is 9.53 Å². The zero-order valence-corrected chi connectivity index (χ0v) is 11.0. The topological polar surface area (TPSA) is 67.0 Å². The van der Waals surface area contributed by atoms with Crippen LogP contribution >= 0.6 is 11.6 Å². The van der Waals surface area contributed by atoms with Gasteiger partial charge in [0, 0.05) is 11.4 Å². The Morgan fingerprint density at radius 1 is 1.58 bits per heavy atom. The van der Waals surface area contributed by atoms with Crippen molar-refractivity contribution in [3.63, 3.8) is 0 Å². The van der Waals surface area contributed by atoms with Crippen LogP contribution in [0.1, 0.15) is 11.3 Å². The summed E-state index contributed by atoms with van der Waals surface area (Å²) in [6.45, 7) is 1.84. The highest BCUT2D eigenvalue weighted by molar-refractivity contribution is 6.30. The van der Waals surface area contributed by atoms with E-state index in [-0.39, 0.29) is 5.91 Å². The number of amides is 1. The number of carbonyl (C=O) groups is 1. The van der Waals surface area contributed by atoms with E-state index in [2.05, 4.69) is 15.5 Å². The van der Waals surface area contributed by atoms with E-state index >= 15 is 0 Å². The van der Waals surface area contributed by atoms with Gasteiger partial charge in [-0.15, -0.1) is 0 Å². The number of H-pyrrole nitrogens is 1. The van der Waals surface area contributed by atoms with Crippen molar-refractivity contribution in [2.75, 3.05) is 5.32 Å². The van der Waals surface area contributed by atoms with E-state index in [1.54, 1.807) is 18.3 Å². The second kappa shape index (κ2) is 4.59. The molecule has 1 atom stereocenters. The maximum atomic E-state index is 12.1. The summed E-state index contributed by atoms with van der Waals surface area (Å²) < 4.78 is 5.61. The zero-order chi connectivity index (χ0) is 13.4. The first-order chi connectivity index (χ1) is 9.13. The fourth-order valence-electron chi connectivity index (χ4n) is 2.05. The molecule has 0 spiro atoms. The third-order valence-electron chi connectivity index (χ3n) is 3.08. The van der Waals surface area contributed by atoms with Crippen LogP contribution in [-0.2, 0) is 11.2 Å². The highest BCUT2D eigenvalue weighted by Gasteiger charge is 2.29. The van der Waals surface area contributed by atoms with E-state index < -0.39 is 6.10 Å². The first-order valence-electron chi connectivity index (χ1n) is 5.89. The predicted molar refractivity (Wildman–Crippen MR) is 71.5 cm³/mol. The van der Waals surface area contributed by atoms with E-state index in [1.807, 2.05) is 13.0 Å². The summed E-state index contributed by atoms with van der Waals surface area (Å²) >= 11 is 5.92. The van der Waals surface area contributed by atoms with Gasteiger partial charge in [-0.1, -0.05) is 11.6 Å². The Bertz CT molecular complexity index is 639. The second-order valence-electron chi connectivity index (χ2n) is 4.46. The van der Waals surface area contributed by atoms with E-state index in [4.69, 9.17) is 16.3 Å². The molecular formula is C13H12ClN3O2. The van der Waals surface area contributed by atoms with Gasteiger partial charge in [-0.25, -0.2) is 0 Å². The number of hydrogen-bond donors (Lipinski definition) is 2. The molecule has 0 saturated heterocycles. The van der Waals surface area contributed by atoms with Gasteiger partial charge in [0.25, 0.3) is 5.91 Å². The van der Waals surface area contributed by atoms with Crippen LogP contribution in [0.15, 0.2) is 24.4 Å². The van der Waals surface area contributed by atoms with Crippen LogP contribution in [-0.4, -0.2) is 22.2 Å². The summed E-state index contributed by atoms with van der Waals surface area (Å²) in [6, 6.07) is 5.36. The largest absolute Gasteiger partial charge is 0.480 e. The fourth-order valence-corrected chi connectivity index (χ4v) is 2.25. The minimum absolute atomic E-state index is 0.183. The fraction of sp³-hybridized carbons (Fsp3) is 0.231. The second-order valence-corrected chi connectivity index (χ2v) is 4.90. The molecule has 1 aromatic carbocycles. The van der Waals surface area contributed by atoms with Gasteiger partial charge in [0.2, 0.25) is 0 Å². The van der Waals surface area contributed by atoms with Gasteiger partial charge < -0.3 is 10.1 Å². The molecule has 1 aromatic heterocycles. The molecule has 1 amide bonds. The van der Waals surface area contributed by atoms with Crippen molar-refractivity contribution in [3.05, 3.63) is 40.7 Å². The van der Waals surface area contributed by atoms with Gasteiger partial charge >= 0.3 is 0 Å². The number of fused-ring (bicyclic) bond motifs is 1. The molecule has 98 valence electrons. The summed E-state index contributed by atoms with van der Waals surface area (Å²) in [7, 11) is 0. The molecule has 1 aliphatic heterocycles. The Balaban J connectivity index is 1.72. The number of anilines is 1. The quantitative estimate of drug-likeness (QED) is 0.885. The molecule has 0 saturated carbocycles. The maximum absolute atomic E-state index is 12.1. The van der Waals surface area contributed by atoms with Crippen molar-refractivity contribution in [2.24, 2.45) is 0 Å². The minimum atomic E-state index is -0.525. The number of aryl methyl sites for hydroxylation is 1. The molecule has 3 rings (SSSR count). The van der Waals surface area contributed by atoms with Gasteiger partial charge in [0.15, 0.2) is 6.10 Å². The third kappa shape index (κ3) is 2.29. The lowest BCUT2D eigenvalue weighted by Crippen LogP contribution is -2.31. The molecule has 0 bridgehead atoms. The standard InChI is InChI=1S/C13H12ClN3O2/c1-7-10(6-15-17-7)16-13(18)12-5-8-4-9(14)2-3-11(8)19-12/h2-4,6,12H,5H2,1H3,(H,15,17)(H,16,18). The average Bonchev–Trinajstić information content (AvgIpc) is 2.96. The molecule has 2 heterocycles. The van der Waals surface area contributed by atoms with Crippen LogP contribution in [0.25, 0.3) is 0 Å². The lowest BCUT2D eigenvalue weighted by Gasteiger charge is -2.10. The van der Waals surface area contributed by atoms with Gasteiger partial charge in [0.1, 0.15) is 5.75 Å². The molecule has 2 aromatic rings. The molecular weight excluding hydrogens is 266 g/mol. The Kier molecular flexibility index (Phi) is 2.91. The van der Waals surface area contributed by atoms with Crippen LogP contribution in [0.4, 0.5) is 5.69 Å². The van der Waals surface area contributed by atoms with Gasteiger partial charge in [-0.3, -0.25) is 9.89 Å². The predicted octanol–water partition coefficient (Wildman–Crippen LogP) is 2.31. The molecule has 0 fully saturated rings. The van der Waals surface area contributed by atoms with Crippen molar-refractivity contribution >= 4 is 23.2 Å². The van der Waals surface area contributed by atoms with Gasteiger partial charge in [-0.2, -0.15) is 5.10 Å². The number of aromatic nitrogens is 2. The molecule has 2 N–H and O–H groups in total. The van der Waals surface area contributed by atoms with Crippen LogP contribution in [0.5, 0.6) is 5.75 Å². The summed E-state index contributed by atoms with van der Waals surface area (Å²) in [6.07, 6.45) is 1.58. The van der Waals surface area contributed by atoms with E-state index in [0.29, 0.717) is 22.9 Å². The Hall–Kier alpha value is -2.01. The Morgan fingerprint density at radius 2 is 2.42 bits per heavy atom. The van der Waals surface area contributed by atoms with Crippen LogP contribution in [0.2, 0.25) is 5.02 Å².